The number of nitrogens with zero attached hydrogens (tertiary/aromatic N) is 1. The maximum absolute atomic E-state index is 12.6. The zero-order valence-corrected chi connectivity index (χ0v) is 17.2. The number of carbonyl (C=O) groups excluding carboxylic acids is 3. The Bertz CT molecular complexity index is 474. The van der Waals surface area contributed by atoms with Gasteiger partial charge in [0.1, 0.15) is 0 Å². The second kappa shape index (κ2) is 11.3. The highest BCUT2D eigenvalue weighted by Crippen LogP contribution is 2.27. The number of hydrogen-bond acceptors (Lipinski definition) is 3. The van der Waals surface area contributed by atoms with Crippen LogP contribution in [-0.2, 0) is 14.4 Å². The molecule has 26 heavy (non-hydrogen) atoms. The Morgan fingerprint density at radius 1 is 1.08 bits per heavy atom. The first kappa shape index (κ1) is 22.7. The summed E-state index contributed by atoms with van der Waals surface area (Å²) in [5.41, 5.74) is -0.567. The van der Waals surface area contributed by atoms with Crippen LogP contribution >= 0.6 is 0 Å². The standard InChI is InChI=1S/C21H38N2O3/c1-5-15-22-18(24)14-10-8-7-9-12-17-13-11-16-23(17)20(26)19(25)21(3,4)6-2/h17H,5-16H2,1-4H3,(H,22,24). The van der Waals surface area contributed by atoms with E-state index in [1.165, 1.54) is 0 Å². The third-order valence-electron chi connectivity index (χ3n) is 5.59. The maximum Gasteiger partial charge on any atom is 0.290 e. The molecule has 2 amide bonds. The molecular weight excluding hydrogens is 328 g/mol. The molecule has 1 fully saturated rings. The molecule has 1 unspecified atom stereocenters. The first-order valence-electron chi connectivity index (χ1n) is 10.5. The Labute approximate surface area is 159 Å². The molecule has 150 valence electrons. The van der Waals surface area contributed by atoms with Crippen LogP contribution in [0.25, 0.3) is 0 Å². The Kier molecular flexibility index (Phi) is 9.89. The number of likely N-dealkylation sites (tertiary alicyclic amines) is 1. The molecule has 1 N–H and O–H groups in total. The van der Waals surface area contributed by atoms with Gasteiger partial charge < -0.3 is 10.2 Å². The number of carbonyl (C=O) groups is 3. The summed E-state index contributed by atoms with van der Waals surface area (Å²) in [5.74, 6) is -0.381. The lowest BCUT2D eigenvalue weighted by Crippen LogP contribution is -2.44. The van der Waals surface area contributed by atoms with Gasteiger partial charge in [-0.2, -0.15) is 0 Å². The topological polar surface area (TPSA) is 66.5 Å². The highest BCUT2D eigenvalue weighted by atomic mass is 16.2. The summed E-state index contributed by atoms with van der Waals surface area (Å²) >= 11 is 0. The van der Waals surface area contributed by atoms with E-state index in [-0.39, 0.29) is 23.6 Å². The summed E-state index contributed by atoms with van der Waals surface area (Å²) in [6.45, 7) is 9.19. The Morgan fingerprint density at radius 3 is 2.42 bits per heavy atom. The SMILES string of the molecule is CCCNC(=O)CCCCCCC1CCCN1C(=O)C(=O)C(C)(C)CC. The summed E-state index contributed by atoms with van der Waals surface area (Å²) in [4.78, 5) is 38.4. The van der Waals surface area contributed by atoms with Gasteiger partial charge in [0.25, 0.3) is 5.91 Å². The van der Waals surface area contributed by atoms with Crippen molar-refractivity contribution in [2.75, 3.05) is 13.1 Å². The molecule has 0 radical (unpaired) electrons. The van der Waals surface area contributed by atoms with Gasteiger partial charge in [0.2, 0.25) is 11.7 Å². The highest BCUT2D eigenvalue weighted by Gasteiger charge is 2.38. The molecule has 1 saturated heterocycles. The molecule has 0 spiro atoms. The minimum Gasteiger partial charge on any atom is -0.356 e. The van der Waals surface area contributed by atoms with E-state index in [4.69, 9.17) is 0 Å². The van der Waals surface area contributed by atoms with E-state index in [0.29, 0.717) is 19.4 Å². The zero-order chi connectivity index (χ0) is 19.6. The molecule has 1 atom stereocenters. The van der Waals surface area contributed by atoms with Gasteiger partial charge >= 0.3 is 0 Å². The van der Waals surface area contributed by atoms with Crippen LogP contribution in [0.1, 0.15) is 91.9 Å². The van der Waals surface area contributed by atoms with E-state index in [1.807, 2.05) is 32.6 Å². The highest BCUT2D eigenvalue weighted by molar-refractivity contribution is 6.38. The van der Waals surface area contributed by atoms with Gasteiger partial charge in [-0.1, -0.05) is 47.0 Å². The van der Waals surface area contributed by atoms with Crippen LogP contribution in [0.15, 0.2) is 0 Å². The van der Waals surface area contributed by atoms with E-state index < -0.39 is 5.41 Å². The van der Waals surface area contributed by atoms with E-state index in [9.17, 15) is 14.4 Å². The Balaban J connectivity index is 2.29. The summed E-state index contributed by atoms with van der Waals surface area (Å²) in [5, 5.41) is 2.90. The predicted octanol–water partition coefficient (Wildman–Crippen LogP) is 3.85. The van der Waals surface area contributed by atoms with E-state index >= 15 is 0 Å². The van der Waals surface area contributed by atoms with Crippen LogP contribution < -0.4 is 5.32 Å². The average molecular weight is 367 g/mol. The van der Waals surface area contributed by atoms with Crippen molar-refractivity contribution in [3.63, 3.8) is 0 Å². The molecule has 5 nitrogen and oxygen atoms in total. The fourth-order valence-corrected chi connectivity index (χ4v) is 3.36. The Morgan fingerprint density at radius 2 is 1.77 bits per heavy atom. The molecule has 1 aliphatic heterocycles. The third-order valence-corrected chi connectivity index (χ3v) is 5.59. The van der Waals surface area contributed by atoms with Crippen LogP contribution in [0.2, 0.25) is 0 Å². The molecule has 0 saturated carbocycles. The van der Waals surface area contributed by atoms with Gasteiger partial charge in [0, 0.05) is 31.0 Å². The monoisotopic (exact) mass is 366 g/mol. The molecule has 1 heterocycles. The van der Waals surface area contributed by atoms with Crippen molar-refractivity contribution in [1.29, 1.82) is 0 Å². The van der Waals surface area contributed by atoms with Crippen LogP contribution in [0.5, 0.6) is 0 Å². The van der Waals surface area contributed by atoms with Crippen molar-refractivity contribution in [3.8, 4) is 0 Å². The number of unbranched alkanes of at least 4 members (excludes halogenated alkanes) is 3. The van der Waals surface area contributed by atoms with Gasteiger partial charge in [-0.3, -0.25) is 14.4 Å². The normalized spacial score (nSPS) is 17.4. The van der Waals surface area contributed by atoms with Crippen molar-refractivity contribution < 1.29 is 14.4 Å². The lowest BCUT2D eigenvalue weighted by atomic mass is 9.84. The van der Waals surface area contributed by atoms with Crippen LogP contribution in [0.3, 0.4) is 0 Å². The molecule has 0 aromatic rings. The van der Waals surface area contributed by atoms with Gasteiger partial charge in [-0.15, -0.1) is 0 Å². The summed E-state index contributed by atoms with van der Waals surface area (Å²) in [6.07, 6.45) is 9.32. The molecule has 0 aromatic heterocycles. The molecule has 0 aromatic carbocycles. The number of rotatable bonds is 12. The fourth-order valence-electron chi connectivity index (χ4n) is 3.36. The first-order valence-corrected chi connectivity index (χ1v) is 10.5. The lowest BCUT2D eigenvalue weighted by molar-refractivity contribution is -0.149. The van der Waals surface area contributed by atoms with Crippen molar-refractivity contribution in [1.82, 2.24) is 10.2 Å². The fraction of sp³-hybridized carbons (Fsp3) is 0.857. The molecule has 1 aliphatic rings. The molecular formula is C21H38N2O3. The average Bonchev–Trinajstić information content (AvgIpc) is 3.09. The lowest BCUT2D eigenvalue weighted by Gasteiger charge is -2.28. The third kappa shape index (κ3) is 7.08. The smallest absolute Gasteiger partial charge is 0.290 e. The van der Waals surface area contributed by atoms with Crippen molar-refractivity contribution in [3.05, 3.63) is 0 Å². The van der Waals surface area contributed by atoms with Gasteiger partial charge in [-0.05, 0) is 38.5 Å². The minimum absolute atomic E-state index is 0.150. The van der Waals surface area contributed by atoms with Crippen molar-refractivity contribution >= 4 is 17.6 Å². The van der Waals surface area contributed by atoms with Gasteiger partial charge in [0.05, 0.1) is 0 Å². The molecule has 0 aliphatic carbocycles. The van der Waals surface area contributed by atoms with E-state index in [0.717, 1.165) is 57.9 Å². The van der Waals surface area contributed by atoms with Crippen LogP contribution in [0, 0.1) is 5.41 Å². The van der Waals surface area contributed by atoms with Gasteiger partial charge in [-0.25, -0.2) is 0 Å². The molecule has 1 rings (SSSR count). The number of ketones is 1. The second-order valence-electron chi connectivity index (χ2n) is 8.16. The van der Waals surface area contributed by atoms with Crippen molar-refractivity contribution in [2.45, 2.75) is 97.9 Å². The Hall–Kier alpha value is -1.39. The molecule has 5 heteroatoms. The quantitative estimate of drug-likeness (QED) is 0.421. The minimum atomic E-state index is -0.567. The first-order chi connectivity index (χ1) is 12.3. The largest absolute Gasteiger partial charge is 0.356 e. The predicted molar refractivity (Wildman–Crippen MR) is 105 cm³/mol. The van der Waals surface area contributed by atoms with Gasteiger partial charge in [0.15, 0.2) is 0 Å². The number of hydrogen-bond donors (Lipinski definition) is 1. The summed E-state index contributed by atoms with van der Waals surface area (Å²) < 4.78 is 0. The number of Topliss-reactive ketones (excluding diaryl/α,β-unsaturated/α-hetero) is 1. The summed E-state index contributed by atoms with van der Waals surface area (Å²) in [6, 6.07) is 0.215. The maximum atomic E-state index is 12.6. The summed E-state index contributed by atoms with van der Waals surface area (Å²) in [7, 11) is 0. The second-order valence-corrected chi connectivity index (χ2v) is 8.16. The zero-order valence-electron chi connectivity index (χ0n) is 17.2. The van der Waals surface area contributed by atoms with E-state index in [2.05, 4.69) is 5.32 Å². The molecule has 0 bridgehead atoms. The van der Waals surface area contributed by atoms with Crippen LogP contribution in [0.4, 0.5) is 0 Å². The number of nitrogens with one attached hydrogen (secondary N) is 1. The number of amides is 2. The van der Waals surface area contributed by atoms with E-state index in [1.54, 1.807) is 0 Å². The van der Waals surface area contributed by atoms with Crippen LogP contribution in [-0.4, -0.2) is 41.6 Å². The van der Waals surface area contributed by atoms with Crippen molar-refractivity contribution in [2.24, 2.45) is 5.41 Å².